The highest BCUT2D eigenvalue weighted by Crippen LogP contribution is 2.61. The van der Waals surface area contributed by atoms with E-state index in [4.69, 9.17) is 0 Å². The van der Waals surface area contributed by atoms with E-state index in [2.05, 4.69) is 255 Å². The summed E-state index contributed by atoms with van der Waals surface area (Å²) in [4.78, 5) is 0. The summed E-state index contributed by atoms with van der Waals surface area (Å²) in [7, 11) is 0. The Balaban J connectivity index is 0.951. The third-order valence-electron chi connectivity index (χ3n) is 14.8. The van der Waals surface area contributed by atoms with Gasteiger partial charge in [0.05, 0.1) is 5.41 Å². The molecule has 0 fully saturated rings. The molecule has 1 aliphatic carbocycles. The highest BCUT2D eigenvalue weighted by atomic mass is 14.5. The SMILES string of the molecule is c1ccc(C2(c3ccccc3)c3cc4cc(-c5ccc(-c6c7ccccc7c(-c7ccc8ccccc8c7)c7ccccc67)cc5)ccc4cc3-c3c2c2ccccc2c2ccccc32)cc1. The Kier molecular flexibility index (Phi) is 8.30. The Morgan fingerprint density at radius 2 is 0.627 bits per heavy atom. The van der Waals surface area contributed by atoms with Gasteiger partial charge in [-0.05, 0) is 156 Å². The van der Waals surface area contributed by atoms with E-state index in [1.54, 1.807) is 0 Å². The largest absolute Gasteiger partial charge is 0.0720 e. The van der Waals surface area contributed by atoms with Crippen molar-refractivity contribution in [3.63, 3.8) is 0 Å². The number of rotatable bonds is 5. The highest BCUT2D eigenvalue weighted by Gasteiger charge is 2.48. The smallest absolute Gasteiger partial charge is 0.0622 e. The van der Waals surface area contributed by atoms with E-state index < -0.39 is 5.41 Å². The van der Waals surface area contributed by atoms with Crippen molar-refractivity contribution in [1.29, 1.82) is 0 Å². The van der Waals surface area contributed by atoms with Gasteiger partial charge >= 0.3 is 0 Å². The number of benzene rings is 13. The Morgan fingerprint density at radius 1 is 0.224 bits per heavy atom. The summed E-state index contributed by atoms with van der Waals surface area (Å²) in [6, 6.07) is 95.3. The minimum absolute atomic E-state index is 0.544. The molecule has 1 aliphatic rings. The van der Waals surface area contributed by atoms with E-state index in [9.17, 15) is 0 Å². The maximum Gasteiger partial charge on any atom is 0.0720 e. The van der Waals surface area contributed by atoms with Crippen molar-refractivity contribution in [2.45, 2.75) is 5.41 Å². The van der Waals surface area contributed by atoms with Gasteiger partial charge in [0, 0.05) is 0 Å². The Hall–Kier alpha value is -8.58. The summed E-state index contributed by atoms with van der Waals surface area (Å²) in [6.45, 7) is 0. The van der Waals surface area contributed by atoms with Crippen molar-refractivity contribution in [3.05, 3.63) is 277 Å². The molecule has 13 aromatic carbocycles. The minimum atomic E-state index is -0.544. The average Bonchev–Trinajstić information content (AvgIpc) is 3.70. The van der Waals surface area contributed by atoms with Crippen molar-refractivity contribution < 1.29 is 0 Å². The van der Waals surface area contributed by atoms with E-state index in [0.717, 1.165) is 0 Å². The van der Waals surface area contributed by atoms with Crippen LogP contribution in [0, 0.1) is 0 Å². The van der Waals surface area contributed by atoms with E-state index in [1.165, 1.54) is 131 Å². The average molecular weight is 847 g/mol. The van der Waals surface area contributed by atoms with Crippen LogP contribution in [0.1, 0.15) is 22.3 Å². The second-order valence-corrected chi connectivity index (χ2v) is 18.3. The molecule has 0 nitrogen and oxygen atoms in total. The quantitative estimate of drug-likeness (QED) is 0.120. The summed E-state index contributed by atoms with van der Waals surface area (Å²) in [5.74, 6) is 0. The molecule has 0 heteroatoms. The molecule has 0 saturated carbocycles. The van der Waals surface area contributed by atoms with Crippen molar-refractivity contribution in [2.24, 2.45) is 0 Å². The lowest BCUT2D eigenvalue weighted by molar-refractivity contribution is 0.777. The minimum Gasteiger partial charge on any atom is -0.0622 e. The lowest BCUT2D eigenvalue weighted by Gasteiger charge is -2.35. The molecule has 0 aliphatic heterocycles. The first kappa shape index (κ1) is 37.8. The molecule has 0 aromatic heterocycles. The highest BCUT2D eigenvalue weighted by molar-refractivity contribution is 6.22. The molecule has 0 amide bonds. The zero-order valence-corrected chi connectivity index (χ0v) is 36.7. The van der Waals surface area contributed by atoms with Crippen LogP contribution in [0.15, 0.2) is 255 Å². The molecule has 0 spiro atoms. The fraction of sp³-hybridized carbons (Fsp3) is 0.0149. The van der Waals surface area contributed by atoms with Gasteiger partial charge in [0.15, 0.2) is 0 Å². The summed E-state index contributed by atoms with van der Waals surface area (Å²) in [5, 5.41) is 15.2. The molecule has 67 heavy (non-hydrogen) atoms. The fourth-order valence-electron chi connectivity index (χ4n) is 12.0. The normalized spacial score (nSPS) is 12.9. The molecule has 310 valence electrons. The predicted octanol–water partition coefficient (Wildman–Crippen LogP) is 18.0. The van der Waals surface area contributed by atoms with Gasteiger partial charge in [0.25, 0.3) is 0 Å². The van der Waals surface area contributed by atoms with Crippen molar-refractivity contribution >= 4 is 64.6 Å². The number of fused-ring (bicyclic) bond motifs is 12. The molecular formula is C67H42. The molecule has 0 heterocycles. The van der Waals surface area contributed by atoms with E-state index in [-0.39, 0.29) is 0 Å². The van der Waals surface area contributed by atoms with Gasteiger partial charge in [-0.15, -0.1) is 0 Å². The van der Waals surface area contributed by atoms with Crippen LogP contribution in [0.5, 0.6) is 0 Å². The van der Waals surface area contributed by atoms with Gasteiger partial charge < -0.3 is 0 Å². The number of hydrogen-bond acceptors (Lipinski definition) is 0. The molecule has 0 unspecified atom stereocenters. The van der Waals surface area contributed by atoms with Crippen LogP contribution >= 0.6 is 0 Å². The maximum absolute atomic E-state index is 2.52. The van der Waals surface area contributed by atoms with Crippen LogP contribution in [0.3, 0.4) is 0 Å². The van der Waals surface area contributed by atoms with Crippen molar-refractivity contribution in [3.8, 4) is 44.5 Å². The molecule has 0 bridgehead atoms. The Bertz CT molecular complexity index is 4030. The molecular weight excluding hydrogens is 805 g/mol. The first-order chi connectivity index (χ1) is 33.2. The van der Waals surface area contributed by atoms with Gasteiger partial charge in [-0.2, -0.15) is 0 Å². The van der Waals surface area contributed by atoms with Gasteiger partial charge in [0.1, 0.15) is 0 Å². The first-order valence-electron chi connectivity index (χ1n) is 23.4. The molecule has 0 N–H and O–H groups in total. The van der Waals surface area contributed by atoms with Crippen molar-refractivity contribution in [1.82, 2.24) is 0 Å². The predicted molar refractivity (Wildman–Crippen MR) is 285 cm³/mol. The Labute approximate surface area is 389 Å². The lowest BCUT2D eigenvalue weighted by atomic mass is 9.66. The van der Waals surface area contributed by atoms with E-state index >= 15 is 0 Å². The second kappa shape index (κ2) is 14.7. The fourth-order valence-corrected chi connectivity index (χ4v) is 12.0. The maximum atomic E-state index is 2.52. The third-order valence-corrected chi connectivity index (χ3v) is 14.8. The first-order valence-corrected chi connectivity index (χ1v) is 23.4. The van der Waals surface area contributed by atoms with Crippen molar-refractivity contribution in [2.75, 3.05) is 0 Å². The lowest BCUT2D eigenvalue weighted by Crippen LogP contribution is -2.28. The van der Waals surface area contributed by atoms with E-state index in [1.807, 2.05) is 0 Å². The Morgan fingerprint density at radius 3 is 1.24 bits per heavy atom. The zero-order chi connectivity index (χ0) is 44.1. The van der Waals surface area contributed by atoms with Crippen LogP contribution in [0.25, 0.3) is 109 Å². The van der Waals surface area contributed by atoms with Crippen LogP contribution < -0.4 is 0 Å². The zero-order valence-electron chi connectivity index (χ0n) is 36.7. The number of hydrogen-bond donors (Lipinski definition) is 0. The monoisotopic (exact) mass is 846 g/mol. The standard InChI is InChI=1S/C67H42/c1-3-19-51(20-4-1)67(52-21-5-2-6-22-52)62-42-50-40-47(36-37-48(50)41-61(62)65-55-25-11-9-23-53(55)54-24-10-16-30-60(54)66(65)67)44-31-34-45(35-32-44)63-56-26-12-14-28-58(56)64(59-29-15-13-27-57(59)63)49-38-33-43-17-7-8-18-46(43)39-49/h1-42H. The summed E-state index contributed by atoms with van der Waals surface area (Å²) in [5.41, 5.74) is 14.8. The third kappa shape index (κ3) is 5.54. The van der Waals surface area contributed by atoms with Gasteiger partial charge in [-0.25, -0.2) is 0 Å². The molecule has 14 rings (SSSR count). The summed E-state index contributed by atoms with van der Waals surface area (Å²) in [6.07, 6.45) is 0. The summed E-state index contributed by atoms with van der Waals surface area (Å²) < 4.78 is 0. The summed E-state index contributed by atoms with van der Waals surface area (Å²) >= 11 is 0. The molecule has 0 saturated heterocycles. The molecule has 0 atom stereocenters. The topological polar surface area (TPSA) is 0 Å². The van der Waals surface area contributed by atoms with Gasteiger partial charge in [-0.3, -0.25) is 0 Å². The van der Waals surface area contributed by atoms with Gasteiger partial charge in [-0.1, -0.05) is 231 Å². The van der Waals surface area contributed by atoms with Crippen LogP contribution in [0.4, 0.5) is 0 Å². The van der Waals surface area contributed by atoms with E-state index in [0.29, 0.717) is 0 Å². The van der Waals surface area contributed by atoms with Gasteiger partial charge in [0.2, 0.25) is 0 Å². The second-order valence-electron chi connectivity index (χ2n) is 18.3. The van der Waals surface area contributed by atoms with Crippen LogP contribution in [-0.4, -0.2) is 0 Å². The van der Waals surface area contributed by atoms with Crippen LogP contribution in [-0.2, 0) is 5.41 Å². The molecule has 0 radical (unpaired) electrons. The van der Waals surface area contributed by atoms with Crippen LogP contribution in [0.2, 0.25) is 0 Å². The molecule has 13 aromatic rings.